The molecule has 0 bridgehead atoms. The van der Waals surface area contributed by atoms with Crippen LogP contribution in [-0.4, -0.2) is 6.04 Å². The molecule has 142 valence electrons. The van der Waals surface area contributed by atoms with Gasteiger partial charge in [-0.1, -0.05) is 67.9 Å². The molecule has 2 N–H and O–H groups in total. The van der Waals surface area contributed by atoms with E-state index < -0.39 is 0 Å². The van der Waals surface area contributed by atoms with Crippen molar-refractivity contribution >= 4 is 11.6 Å². The number of halogens is 1. The van der Waals surface area contributed by atoms with Gasteiger partial charge in [-0.3, -0.25) is 0 Å². The molecular weight excluding hydrogens is 354 g/mol. The van der Waals surface area contributed by atoms with Crippen LogP contribution in [0, 0.1) is 6.92 Å². The molecule has 1 heterocycles. The van der Waals surface area contributed by atoms with Crippen LogP contribution in [0.15, 0.2) is 71.1 Å². The number of hydrogen-bond acceptors (Lipinski definition) is 1. The number of benzene rings is 2. The fourth-order valence-corrected chi connectivity index (χ4v) is 3.97. The van der Waals surface area contributed by atoms with E-state index in [1.807, 2.05) is 25.1 Å². The van der Waals surface area contributed by atoms with Crippen molar-refractivity contribution < 1.29 is 9.73 Å². The summed E-state index contributed by atoms with van der Waals surface area (Å²) < 4.78 is 5.91. The molecule has 2 nitrogen and oxygen atoms in total. The van der Waals surface area contributed by atoms with Crippen molar-refractivity contribution in [3.63, 3.8) is 0 Å². The van der Waals surface area contributed by atoms with Gasteiger partial charge in [-0.05, 0) is 38.1 Å². The lowest BCUT2D eigenvalue weighted by atomic mass is 9.83. The molecule has 3 aromatic rings. The molecule has 0 amide bonds. The van der Waals surface area contributed by atoms with Gasteiger partial charge < -0.3 is 9.73 Å². The Morgan fingerprint density at radius 1 is 0.926 bits per heavy atom. The van der Waals surface area contributed by atoms with Crippen LogP contribution < -0.4 is 5.32 Å². The summed E-state index contributed by atoms with van der Waals surface area (Å²) >= 11 is 6.10. The molecule has 0 unspecified atom stereocenters. The highest BCUT2D eigenvalue weighted by molar-refractivity contribution is 6.30. The number of nitrogens with two attached hydrogens (primary N) is 1. The maximum absolute atomic E-state index is 6.10. The zero-order valence-corrected chi connectivity index (χ0v) is 17.3. The summed E-state index contributed by atoms with van der Waals surface area (Å²) in [4.78, 5) is 0. The van der Waals surface area contributed by atoms with Crippen molar-refractivity contribution in [3.8, 4) is 0 Å². The van der Waals surface area contributed by atoms with Crippen LogP contribution in [0.2, 0.25) is 5.02 Å². The first kappa shape index (κ1) is 19.7. The van der Waals surface area contributed by atoms with E-state index >= 15 is 0 Å². The van der Waals surface area contributed by atoms with E-state index in [1.165, 1.54) is 11.1 Å². The van der Waals surface area contributed by atoms with Gasteiger partial charge in [0.15, 0.2) is 0 Å². The topological polar surface area (TPSA) is 29.8 Å². The molecule has 2 atom stereocenters. The van der Waals surface area contributed by atoms with Gasteiger partial charge in [0.05, 0.1) is 6.04 Å². The quantitative estimate of drug-likeness (QED) is 0.562. The highest BCUT2D eigenvalue weighted by atomic mass is 35.5. The minimum Gasteiger partial charge on any atom is -0.466 e. The molecule has 2 aromatic carbocycles. The fourth-order valence-electron chi connectivity index (χ4n) is 3.85. The van der Waals surface area contributed by atoms with Crippen molar-refractivity contribution in [2.45, 2.75) is 51.6 Å². The second-order valence-electron chi connectivity index (χ2n) is 8.11. The lowest BCUT2D eigenvalue weighted by Gasteiger charge is -2.28. The Balaban J connectivity index is 1.80. The highest BCUT2D eigenvalue weighted by Gasteiger charge is 2.30. The summed E-state index contributed by atoms with van der Waals surface area (Å²) in [7, 11) is 0. The molecule has 1 aromatic heterocycles. The molecule has 3 heteroatoms. The van der Waals surface area contributed by atoms with Crippen molar-refractivity contribution in [2.24, 2.45) is 0 Å². The van der Waals surface area contributed by atoms with Gasteiger partial charge in [0.25, 0.3) is 0 Å². The van der Waals surface area contributed by atoms with E-state index in [0.29, 0.717) is 6.04 Å². The molecule has 0 saturated heterocycles. The lowest BCUT2D eigenvalue weighted by Crippen LogP contribution is -2.90. The Bertz CT molecular complexity index is 852. The summed E-state index contributed by atoms with van der Waals surface area (Å²) in [6, 6.07) is 23.7. The van der Waals surface area contributed by atoms with Gasteiger partial charge >= 0.3 is 0 Å². The predicted octanol–water partition coefficient (Wildman–Crippen LogP) is 5.65. The third-order valence-corrected chi connectivity index (χ3v) is 5.40. The first-order valence-corrected chi connectivity index (χ1v) is 9.95. The van der Waals surface area contributed by atoms with Crippen molar-refractivity contribution in [1.29, 1.82) is 0 Å². The van der Waals surface area contributed by atoms with E-state index in [0.717, 1.165) is 23.0 Å². The van der Waals surface area contributed by atoms with Crippen molar-refractivity contribution in [1.82, 2.24) is 0 Å². The molecular formula is C24H29ClNO+. The van der Waals surface area contributed by atoms with E-state index in [-0.39, 0.29) is 11.5 Å². The standard InChI is InChI=1S/C24H28ClNO/c1-17(16-24(3,4)22-15-10-18(2)27-22)26-23(19-8-6-5-7-9-19)20-11-13-21(25)14-12-20/h5-15,17,23,26H,16H2,1-4H3/p+1/t17-,23-/m0/s1. The van der Waals surface area contributed by atoms with Crippen LogP contribution in [0.3, 0.4) is 0 Å². The minimum atomic E-state index is -0.00852. The molecule has 3 rings (SSSR count). The molecule has 0 saturated carbocycles. The summed E-state index contributed by atoms with van der Waals surface area (Å²) in [5, 5.41) is 3.23. The molecule has 0 aliphatic rings. The summed E-state index contributed by atoms with van der Waals surface area (Å²) in [6.07, 6.45) is 1.02. The largest absolute Gasteiger partial charge is 0.466 e. The Labute approximate surface area is 167 Å². The van der Waals surface area contributed by atoms with Crippen LogP contribution in [0.4, 0.5) is 0 Å². The second-order valence-corrected chi connectivity index (χ2v) is 8.54. The average molecular weight is 383 g/mol. The second kappa shape index (κ2) is 8.33. The smallest absolute Gasteiger partial charge is 0.137 e. The van der Waals surface area contributed by atoms with Gasteiger partial charge in [-0.2, -0.15) is 0 Å². The average Bonchev–Trinajstić information content (AvgIpc) is 3.08. The molecule has 0 aliphatic carbocycles. The van der Waals surface area contributed by atoms with Crippen LogP contribution in [0.25, 0.3) is 0 Å². The molecule has 27 heavy (non-hydrogen) atoms. The number of rotatable bonds is 7. The first-order chi connectivity index (χ1) is 12.8. The Morgan fingerprint density at radius 3 is 2.15 bits per heavy atom. The Morgan fingerprint density at radius 2 is 1.56 bits per heavy atom. The minimum absolute atomic E-state index is 0.00852. The van der Waals surface area contributed by atoms with Crippen molar-refractivity contribution in [3.05, 3.63) is 94.4 Å². The third kappa shape index (κ3) is 5.03. The number of quaternary nitrogens is 1. The zero-order valence-electron chi connectivity index (χ0n) is 16.6. The molecule has 0 spiro atoms. The monoisotopic (exact) mass is 382 g/mol. The number of furan rings is 1. The van der Waals surface area contributed by atoms with Crippen LogP contribution >= 0.6 is 11.6 Å². The lowest BCUT2D eigenvalue weighted by molar-refractivity contribution is -0.718. The summed E-state index contributed by atoms with van der Waals surface area (Å²) in [6.45, 7) is 8.81. The number of aryl methyl sites for hydroxylation is 1. The Hall–Kier alpha value is -2.03. The van der Waals surface area contributed by atoms with Gasteiger partial charge in [-0.25, -0.2) is 0 Å². The maximum atomic E-state index is 6.10. The zero-order chi connectivity index (χ0) is 19.4. The SMILES string of the molecule is Cc1ccc(C(C)(C)C[C@H](C)[NH2+][C@@H](c2ccccc2)c2ccc(Cl)cc2)o1. The van der Waals surface area contributed by atoms with E-state index in [2.05, 4.69) is 74.6 Å². The molecule has 0 radical (unpaired) electrons. The van der Waals surface area contributed by atoms with E-state index in [9.17, 15) is 0 Å². The third-order valence-electron chi connectivity index (χ3n) is 5.15. The maximum Gasteiger partial charge on any atom is 0.137 e. The van der Waals surface area contributed by atoms with E-state index in [4.69, 9.17) is 16.0 Å². The molecule has 0 aliphatic heterocycles. The van der Waals surface area contributed by atoms with Crippen LogP contribution in [0.5, 0.6) is 0 Å². The highest BCUT2D eigenvalue weighted by Crippen LogP contribution is 2.30. The van der Waals surface area contributed by atoms with Crippen molar-refractivity contribution in [2.75, 3.05) is 0 Å². The normalized spacial score (nSPS) is 14.1. The van der Waals surface area contributed by atoms with Crippen LogP contribution in [0.1, 0.15) is 55.9 Å². The summed E-state index contributed by atoms with van der Waals surface area (Å²) in [5.74, 6) is 2.03. The van der Waals surface area contributed by atoms with E-state index in [1.54, 1.807) is 0 Å². The first-order valence-electron chi connectivity index (χ1n) is 9.57. The van der Waals surface area contributed by atoms with Gasteiger partial charge in [-0.15, -0.1) is 0 Å². The van der Waals surface area contributed by atoms with Gasteiger partial charge in [0.1, 0.15) is 17.6 Å². The number of hydrogen-bond donors (Lipinski definition) is 1. The van der Waals surface area contributed by atoms with Crippen LogP contribution in [-0.2, 0) is 5.41 Å². The van der Waals surface area contributed by atoms with Gasteiger partial charge in [0.2, 0.25) is 0 Å². The fraction of sp³-hybridized carbons (Fsp3) is 0.333. The summed E-state index contributed by atoms with van der Waals surface area (Å²) in [5.41, 5.74) is 2.56. The Kier molecular flexibility index (Phi) is 6.08. The molecule has 0 fully saturated rings. The predicted molar refractivity (Wildman–Crippen MR) is 112 cm³/mol. The van der Waals surface area contributed by atoms with Gasteiger partial charge in [0, 0.05) is 28.0 Å².